The fourth-order valence-electron chi connectivity index (χ4n) is 3.21. The fourth-order valence-corrected chi connectivity index (χ4v) is 3.21. The Morgan fingerprint density at radius 2 is 2.14 bits per heavy atom. The Kier molecular flexibility index (Phi) is 3.10. The summed E-state index contributed by atoms with van der Waals surface area (Å²) in [5.41, 5.74) is 0.489. The maximum atomic E-state index is 9.13. The average molecular weight is 199 g/mol. The lowest BCUT2D eigenvalue weighted by atomic mass is 9.84. The molecule has 14 heavy (non-hydrogen) atoms. The molecular weight excluding hydrogens is 178 g/mol. The van der Waals surface area contributed by atoms with Crippen LogP contribution in [-0.4, -0.2) is 48.0 Å². The minimum absolute atomic E-state index is 0.277. The number of rotatable bonds is 3. The minimum Gasteiger partial charge on any atom is -0.396 e. The van der Waals surface area contributed by atoms with Gasteiger partial charge in [0.15, 0.2) is 0 Å². The van der Waals surface area contributed by atoms with E-state index in [0.717, 1.165) is 19.6 Å². The maximum absolute atomic E-state index is 9.13. The predicted octanol–water partition coefficient (Wildman–Crippen LogP) is 0.463. The largest absolute Gasteiger partial charge is 0.396 e. The summed E-state index contributed by atoms with van der Waals surface area (Å²) in [5.74, 6) is 0.545. The van der Waals surface area contributed by atoms with Crippen LogP contribution in [0, 0.1) is 11.3 Å². The van der Waals surface area contributed by atoms with E-state index in [2.05, 4.69) is 4.90 Å². The topological polar surface area (TPSA) is 43.7 Å². The highest BCUT2D eigenvalue weighted by molar-refractivity contribution is 4.95. The van der Waals surface area contributed by atoms with Crippen LogP contribution in [0.3, 0.4) is 0 Å². The van der Waals surface area contributed by atoms with Crippen molar-refractivity contribution in [3.05, 3.63) is 0 Å². The summed E-state index contributed by atoms with van der Waals surface area (Å²) < 4.78 is 0. The van der Waals surface area contributed by atoms with Gasteiger partial charge in [-0.05, 0) is 43.6 Å². The number of hydrogen-bond acceptors (Lipinski definition) is 3. The van der Waals surface area contributed by atoms with E-state index in [9.17, 15) is 0 Å². The van der Waals surface area contributed by atoms with Crippen LogP contribution in [-0.2, 0) is 0 Å². The Morgan fingerprint density at radius 1 is 1.29 bits per heavy atom. The zero-order valence-electron chi connectivity index (χ0n) is 8.78. The highest BCUT2D eigenvalue weighted by Crippen LogP contribution is 2.47. The molecule has 82 valence electrons. The van der Waals surface area contributed by atoms with Gasteiger partial charge >= 0.3 is 0 Å². The van der Waals surface area contributed by atoms with Gasteiger partial charge in [-0.25, -0.2) is 0 Å². The summed E-state index contributed by atoms with van der Waals surface area (Å²) >= 11 is 0. The predicted molar refractivity (Wildman–Crippen MR) is 55.0 cm³/mol. The van der Waals surface area contributed by atoms with Crippen LogP contribution in [0.5, 0.6) is 0 Å². The Bertz CT molecular complexity index is 198. The molecule has 0 aromatic rings. The molecule has 0 aromatic carbocycles. The van der Waals surface area contributed by atoms with Crippen molar-refractivity contribution in [2.75, 3.05) is 32.8 Å². The summed E-state index contributed by atoms with van der Waals surface area (Å²) in [6.07, 6.45) is 4.94. The molecule has 1 heterocycles. The average Bonchev–Trinajstić information content (AvgIpc) is 2.76. The lowest BCUT2D eigenvalue weighted by Crippen LogP contribution is -2.28. The molecule has 2 atom stereocenters. The molecule has 2 rings (SSSR count). The lowest BCUT2D eigenvalue weighted by molar-refractivity contribution is 0.188. The molecule has 1 aliphatic heterocycles. The zero-order chi connectivity index (χ0) is 10.0. The third-order valence-electron chi connectivity index (χ3n) is 4.00. The second-order valence-corrected chi connectivity index (χ2v) is 5.04. The molecular formula is C11H21NO2. The van der Waals surface area contributed by atoms with Crippen molar-refractivity contribution in [3.63, 3.8) is 0 Å². The second-order valence-electron chi connectivity index (χ2n) is 5.04. The van der Waals surface area contributed by atoms with Gasteiger partial charge in [-0.15, -0.1) is 0 Å². The van der Waals surface area contributed by atoms with Crippen molar-refractivity contribution < 1.29 is 10.2 Å². The molecule has 1 spiro atoms. The third kappa shape index (κ3) is 1.95. The molecule has 0 amide bonds. The third-order valence-corrected chi connectivity index (χ3v) is 4.00. The van der Waals surface area contributed by atoms with Crippen molar-refractivity contribution in [3.8, 4) is 0 Å². The van der Waals surface area contributed by atoms with Crippen LogP contribution in [0.2, 0.25) is 0 Å². The van der Waals surface area contributed by atoms with Crippen LogP contribution in [0.25, 0.3) is 0 Å². The number of aliphatic hydroxyl groups is 2. The molecule has 1 aliphatic carbocycles. The highest BCUT2D eigenvalue weighted by Gasteiger charge is 2.43. The van der Waals surface area contributed by atoms with Crippen LogP contribution >= 0.6 is 0 Å². The first-order chi connectivity index (χ1) is 6.78. The number of β-amino-alcohol motifs (C(OH)–C–C–N with tert-alkyl or cyclic N) is 1. The van der Waals surface area contributed by atoms with E-state index in [-0.39, 0.29) is 6.61 Å². The van der Waals surface area contributed by atoms with E-state index in [1.54, 1.807) is 0 Å². The maximum Gasteiger partial charge on any atom is 0.0558 e. The fraction of sp³-hybridized carbons (Fsp3) is 1.00. The zero-order valence-corrected chi connectivity index (χ0v) is 8.78. The molecule has 1 saturated heterocycles. The molecule has 1 saturated carbocycles. The quantitative estimate of drug-likeness (QED) is 0.694. The monoisotopic (exact) mass is 199 g/mol. The van der Waals surface area contributed by atoms with E-state index >= 15 is 0 Å². The first-order valence-corrected chi connectivity index (χ1v) is 5.72. The number of hydrogen-bond donors (Lipinski definition) is 2. The van der Waals surface area contributed by atoms with Gasteiger partial charge in [-0.2, -0.15) is 0 Å². The molecule has 3 nitrogen and oxygen atoms in total. The molecule has 2 N–H and O–H groups in total. The Morgan fingerprint density at radius 3 is 2.79 bits per heavy atom. The number of likely N-dealkylation sites (tertiary alicyclic amines) is 1. The molecule has 3 heteroatoms. The van der Waals surface area contributed by atoms with Gasteiger partial charge in [0.2, 0.25) is 0 Å². The van der Waals surface area contributed by atoms with Gasteiger partial charge in [0.05, 0.1) is 6.61 Å². The van der Waals surface area contributed by atoms with Gasteiger partial charge in [0.25, 0.3) is 0 Å². The van der Waals surface area contributed by atoms with Crippen molar-refractivity contribution >= 4 is 0 Å². The van der Waals surface area contributed by atoms with Crippen LogP contribution in [0.15, 0.2) is 0 Å². The number of nitrogens with zero attached hydrogens (tertiary/aromatic N) is 1. The number of aliphatic hydroxyl groups excluding tert-OH is 2. The van der Waals surface area contributed by atoms with Crippen LogP contribution in [0.1, 0.15) is 25.7 Å². The minimum atomic E-state index is 0.277. The van der Waals surface area contributed by atoms with Crippen LogP contribution in [0.4, 0.5) is 0 Å². The Hall–Kier alpha value is -0.120. The van der Waals surface area contributed by atoms with Gasteiger partial charge in [-0.1, -0.05) is 0 Å². The highest BCUT2D eigenvalue weighted by atomic mass is 16.3. The van der Waals surface area contributed by atoms with E-state index in [1.807, 2.05) is 0 Å². The molecule has 0 unspecified atom stereocenters. The summed E-state index contributed by atoms with van der Waals surface area (Å²) in [4.78, 5) is 2.36. The normalized spacial score (nSPS) is 38.6. The summed E-state index contributed by atoms with van der Waals surface area (Å²) in [5, 5.41) is 18.0. The molecule has 2 fully saturated rings. The van der Waals surface area contributed by atoms with Gasteiger partial charge in [-0.3, -0.25) is 0 Å². The second kappa shape index (κ2) is 4.17. The molecule has 0 radical (unpaired) electrons. The van der Waals surface area contributed by atoms with Gasteiger partial charge in [0.1, 0.15) is 0 Å². The standard InChI is InChI=1S/C11H21NO2/c13-6-5-12-4-3-11(9-12)2-1-10(7-11)8-14/h10,13-14H,1-9H2/t10-,11-/m1/s1. The van der Waals surface area contributed by atoms with Gasteiger partial charge in [0, 0.05) is 19.7 Å². The van der Waals surface area contributed by atoms with E-state index in [0.29, 0.717) is 17.9 Å². The summed E-state index contributed by atoms with van der Waals surface area (Å²) in [6.45, 7) is 3.75. The van der Waals surface area contributed by atoms with E-state index in [4.69, 9.17) is 10.2 Å². The summed E-state index contributed by atoms with van der Waals surface area (Å²) in [7, 11) is 0. The molecule has 2 aliphatic rings. The van der Waals surface area contributed by atoms with Crippen molar-refractivity contribution in [1.82, 2.24) is 4.90 Å². The lowest BCUT2D eigenvalue weighted by Gasteiger charge is -2.23. The van der Waals surface area contributed by atoms with Crippen molar-refractivity contribution in [2.45, 2.75) is 25.7 Å². The first kappa shape index (κ1) is 10.4. The smallest absolute Gasteiger partial charge is 0.0558 e. The Balaban J connectivity index is 1.87. The van der Waals surface area contributed by atoms with Crippen LogP contribution < -0.4 is 0 Å². The van der Waals surface area contributed by atoms with Crippen molar-refractivity contribution in [2.24, 2.45) is 11.3 Å². The molecule has 0 aromatic heterocycles. The van der Waals surface area contributed by atoms with E-state index in [1.165, 1.54) is 25.7 Å². The Labute approximate surface area is 85.7 Å². The van der Waals surface area contributed by atoms with E-state index < -0.39 is 0 Å². The molecule has 0 bridgehead atoms. The van der Waals surface area contributed by atoms with Crippen molar-refractivity contribution in [1.29, 1.82) is 0 Å². The summed E-state index contributed by atoms with van der Waals surface area (Å²) in [6, 6.07) is 0. The first-order valence-electron chi connectivity index (χ1n) is 5.72. The van der Waals surface area contributed by atoms with Gasteiger partial charge < -0.3 is 15.1 Å². The SMILES string of the molecule is OCCN1CC[C@@]2(CC[C@@H](CO)C2)C1.